The average molecular weight is 182 g/mol. The standard InChI is InChI=1S/C9H14N2O2/c10-8(12)6-9(13)11-7-4-2-1-3-5-7/h1-2,7H,3-6H2,(H2,10,12)(H,11,13). The smallest absolute Gasteiger partial charge is 0.229 e. The summed E-state index contributed by atoms with van der Waals surface area (Å²) < 4.78 is 0. The van der Waals surface area contributed by atoms with E-state index in [2.05, 4.69) is 11.4 Å². The second kappa shape index (κ2) is 4.64. The lowest BCUT2D eigenvalue weighted by Crippen LogP contribution is -2.37. The molecule has 0 aromatic heterocycles. The maximum absolute atomic E-state index is 11.1. The predicted molar refractivity (Wildman–Crippen MR) is 48.7 cm³/mol. The number of hydrogen-bond acceptors (Lipinski definition) is 2. The van der Waals surface area contributed by atoms with E-state index in [9.17, 15) is 9.59 Å². The molecule has 3 N–H and O–H groups in total. The zero-order valence-electron chi connectivity index (χ0n) is 7.45. The second-order valence-electron chi connectivity index (χ2n) is 3.19. The van der Waals surface area contributed by atoms with Crippen LogP contribution in [0.15, 0.2) is 12.2 Å². The molecule has 1 unspecified atom stereocenters. The Labute approximate surface area is 77.2 Å². The van der Waals surface area contributed by atoms with Crippen molar-refractivity contribution in [2.24, 2.45) is 5.73 Å². The molecule has 1 rings (SSSR count). The molecular formula is C9H14N2O2. The van der Waals surface area contributed by atoms with Crippen LogP contribution in [-0.4, -0.2) is 17.9 Å². The van der Waals surface area contributed by atoms with Gasteiger partial charge in [0.15, 0.2) is 0 Å². The van der Waals surface area contributed by atoms with E-state index >= 15 is 0 Å². The molecular weight excluding hydrogens is 168 g/mol. The van der Waals surface area contributed by atoms with Gasteiger partial charge in [0.05, 0.1) is 0 Å². The molecule has 0 aromatic rings. The number of primary amides is 1. The molecule has 1 aliphatic rings. The minimum atomic E-state index is -0.580. The van der Waals surface area contributed by atoms with Gasteiger partial charge in [-0.25, -0.2) is 0 Å². The van der Waals surface area contributed by atoms with Crippen molar-refractivity contribution in [1.29, 1.82) is 0 Å². The SMILES string of the molecule is NC(=O)CC(=O)NC1CC=CCC1. The topological polar surface area (TPSA) is 72.2 Å². The molecule has 0 fully saturated rings. The van der Waals surface area contributed by atoms with E-state index in [1.165, 1.54) is 0 Å². The van der Waals surface area contributed by atoms with Gasteiger partial charge in [0.2, 0.25) is 11.8 Å². The molecule has 0 saturated heterocycles. The molecule has 1 aliphatic carbocycles. The minimum absolute atomic E-state index is 0.178. The first-order valence-electron chi connectivity index (χ1n) is 4.41. The molecule has 0 heterocycles. The van der Waals surface area contributed by atoms with Gasteiger partial charge in [-0.1, -0.05) is 12.2 Å². The number of amides is 2. The van der Waals surface area contributed by atoms with Gasteiger partial charge in [0, 0.05) is 6.04 Å². The third-order valence-electron chi connectivity index (χ3n) is 1.97. The molecule has 13 heavy (non-hydrogen) atoms. The lowest BCUT2D eigenvalue weighted by molar-refractivity contribution is -0.128. The largest absolute Gasteiger partial charge is 0.369 e. The first-order valence-corrected chi connectivity index (χ1v) is 4.41. The van der Waals surface area contributed by atoms with Crippen LogP contribution >= 0.6 is 0 Å². The van der Waals surface area contributed by atoms with Gasteiger partial charge in [-0.2, -0.15) is 0 Å². The van der Waals surface area contributed by atoms with Crippen LogP contribution in [0.1, 0.15) is 25.7 Å². The van der Waals surface area contributed by atoms with Crippen molar-refractivity contribution in [3.05, 3.63) is 12.2 Å². The number of rotatable bonds is 3. The van der Waals surface area contributed by atoms with Crippen molar-refractivity contribution < 1.29 is 9.59 Å². The quantitative estimate of drug-likeness (QED) is 0.479. The summed E-state index contributed by atoms with van der Waals surface area (Å²) in [6.45, 7) is 0. The van der Waals surface area contributed by atoms with Crippen LogP contribution in [0.2, 0.25) is 0 Å². The Bertz CT molecular complexity index is 236. The van der Waals surface area contributed by atoms with Gasteiger partial charge in [-0.05, 0) is 19.3 Å². The average Bonchev–Trinajstić information content (AvgIpc) is 2.04. The number of carbonyl (C=O) groups is 2. The fraction of sp³-hybridized carbons (Fsp3) is 0.556. The molecule has 0 aromatic carbocycles. The normalized spacial score (nSPS) is 21.1. The van der Waals surface area contributed by atoms with Gasteiger partial charge < -0.3 is 11.1 Å². The number of nitrogens with two attached hydrogens (primary N) is 1. The van der Waals surface area contributed by atoms with E-state index in [4.69, 9.17) is 5.73 Å². The summed E-state index contributed by atoms with van der Waals surface area (Å²) in [6.07, 6.45) is 6.71. The second-order valence-corrected chi connectivity index (χ2v) is 3.19. The van der Waals surface area contributed by atoms with Gasteiger partial charge in [0.25, 0.3) is 0 Å². The summed E-state index contributed by atoms with van der Waals surface area (Å²) in [7, 11) is 0. The van der Waals surface area contributed by atoms with Crippen LogP contribution in [0.25, 0.3) is 0 Å². The lowest BCUT2D eigenvalue weighted by Gasteiger charge is -2.18. The third-order valence-corrected chi connectivity index (χ3v) is 1.97. The summed E-state index contributed by atoms with van der Waals surface area (Å²) in [6, 6.07) is 0.178. The molecule has 0 aliphatic heterocycles. The molecule has 2 amide bonds. The molecule has 4 heteroatoms. The van der Waals surface area contributed by atoms with Crippen molar-refractivity contribution in [3.63, 3.8) is 0 Å². The molecule has 0 radical (unpaired) electrons. The Morgan fingerprint density at radius 1 is 1.46 bits per heavy atom. The molecule has 4 nitrogen and oxygen atoms in total. The highest BCUT2D eigenvalue weighted by Crippen LogP contribution is 2.10. The number of hydrogen-bond donors (Lipinski definition) is 2. The van der Waals surface area contributed by atoms with E-state index in [0.29, 0.717) is 0 Å². The summed E-state index contributed by atoms with van der Waals surface area (Å²) in [5.74, 6) is -0.850. The van der Waals surface area contributed by atoms with E-state index < -0.39 is 5.91 Å². The zero-order valence-corrected chi connectivity index (χ0v) is 7.45. The Morgan fingerprint density at radius 3 is 2.77 bits per heavy atom. The van der Waals surface area contributed by atoms with Crippen molar-refractivity contribution >= 4 is 11.8 Å². The summed E-state index contributed by atoms with van der Waals surface area (Å²) >= 11 is 0. The van der Waals surface area contributed by atoms with E-state index in [1.54, 1.807) is 0 Å². The van der Waals surface area contributed by atoms with Crippen LogP contribution in [0.3, 0.4) is 0 Å². The monoisotopic (exact) mass is 182 g/mol. The van der Waals surface area contributed by atoms with Crippen molar-refractivity contribution in [3.8, 4) is 0 Å². The maximum atomic E-state index is 11.1. The molecule has 72 valence electrons. The third kappa shape index (κ3) is 3.73. The maximum Gasteiger partial charge on any atom is 0.229 e. The van der Waals surface area contributed by atoms with Crippen LogP contribution in [0.5, 0.6) is 0 Å². The fourth-order valence-electron chi connectivity index (χ4n) is 1.36. The van der Waals surface area contributed by atoms with E-state index in [1.807, 2.05) is 6.08 Å². The zero-order chi connectivity index (χ0) is 9.68. The highest BCUT2D eigenvalue weighted by atomic mass is 16.2. The first kappa shape index (κ1) is 9.77. The van der Waals surface area contributed by atoms with Crippen LogP contribution < -0.4 is 11.1 Å². The fourth-order valence-corrected chi connectivity index (χ4v) is 1.36. The minimum Gasteiger partial charge on any atom is -0.369 e. The molecule has 0 saturated carbocycles. The van der Waals surface area contributed by atoms with E-state index in [-0.39, 0.29) is 18.4 Å². The van der Waals surface area contributed by atoms with Gasteiger partial charge in [-0.15, -0.1) is 0 Å². The number of nitrogens with one attached hydrogen (secondary N) is 1. The van der Waals surface area contributed by atoms with Crippen molar-refractivity contribution in [2.45, 2.75) is 31.7 Å². The number of carbonyl (C=O) groups excluding carboxylic acids is 2. The summed E-state index contributed by atoms with van der Waals surface area (Å²) in [5, 5.41) is 2.76. The number of allylic oxidation sites excluding steroid dienone is 1. The van der Waals surface area contributed by atoms with Crippen LogP contribution in [-0.2, 0) is 9.59 Å². The van der Waals surface area contributed by atoms with Crippen molar-refractivity contribution in [1.82, 2.24) is 5.32 Å². The molecule has 0 spiro atoms. The van der Waals surface area contributed by atoms with Gasteiger partial charge >= 0.3 is 0 Å². The Balaban J connectivity index is 2.27. The Kier molecular flexibility index (Phi) is 3.49. The molecule has 1 atom stereocenters. The Morgan fingerprint density at radius 2 is 2.23 bits per heavy atom. The summed E-state index contributed by atoms with van der Waals surface area (Å²) in [4.78, 5) is 21.5. The van der Waals surface area contributed by atoms with Crippen molar-refractivity contribution in [2.75, 3.05) is 0 Å². The summed E-state index contributed by atoms with van der Waals surface area (Å²) in [5.41, 5.74) is 4.88. The Hall–Kier alpha value is -1.32. The molecule has 0 bridgehead atoms. The highest BCUT2D eigenvalue weighted by Gasteiger charge is 2.13. The van der Waals surface area contributed by atoms with E-state index in [0.717, 1.165) is 19.3 Å². The van der Waals surface area contributed by atoms with Crippen LogP contribution in [0, 0.1) is 0 Å². The predicted octanol–water partition coefficient (Wildman–Crippen LogP) is 0.0867. The van der Waals surface area contributed by atoms with Gasteiger partial charge in [-0.3, -0.25) is 9.59 Å². The lowest BCUT2D eigenvalue weighted by atomic mass is 10.0. The van der Waals surface area contributed by atoms with Crippen LogP contribution in [0.4, 0.5) is 0 Å². The first-order chi connectivity index (χ1) is 6.18. The van der Waals surface area contributed by atoms with Gasteiger partial charge in [0.1, 0.15) is 6.42 Å². The highest BCUT2D eigenvalue weighted by molar-refractivity contribution is 5.96.